The van der Waals surface area contributed by atoms with Gasteiger partial charge in [0.2, 0.25) is 5.88 Å². The zero-order chi connectivity index (χ0) is 12.8. The fourth-order valence-electron chi connectivity index (χ4n) is 1.59. The number of nitrogens with two attached hydrogens (primary N) is 1. The molecule has 0 amide bonds. The van der Waals surface area contributed by atoms with Crippen LogP contribution in [-0.2, 0) is 6.54 Å². The molecule has 1 heterocycles. The van der Waals surface area contributed by atoms with Gasteiger partial charge in [0.25, 0.3) is 0 Å². The minimum Gasteiger partial charge on any atom is -0.476 e. The number of hydrogen-bond donors (Lipinski definition) is 2. The summed E-state index contributed by atoms with van der Waals surface area (Å²) in [6.07, 6.45) is 0. The van der Waals surface area contributed by atoms with Crippen LogP contribution < -0.4 is 15.8 Å². The summed E-state index contributed by atoms with van der Waals surface area (Å²) in [5.41, 5.74) is 7.53. The Hall–Kier alpha value is -2.23. The Morgan fingerprint density at radius 1 is 1.17 bits per heavy atom. The summed E-state index contributed by atoms with van der Waals surface area (Å²) < 4.78 is 5.35. The van der Waals surface area contributed by atoms with Gasteiger partial charge in [0.15, 0.2) is 0 Å². The second-order valence-corrected chi connectivity index (χ2v) is 3.86. The average molecular weight is 243 g/mol. The van der Waals surface area contributed by atoms with Gasteiger partial charge in [-0.25, -0.2) is 0 Å². The summed E-state index contributed by atoms with van der Waals surface area (Å²) in [7, 11) is 0. The van der Waals surface area contributed by atoms with Crippen molar-refractivity contribution in [2.45, 2.75) is 13.5 Å². The summed E-state index contributed by atoms with van der Waals surface area (Å²) >= 11 is 0. The van der Waals surface area contributed by atoms with Gasteiger partial charge in [0.1, 0.15) is 5.82 Å². The monoisotopic (exact) mass is 243 g/mol. The maximum Gasteiger partial charge on any atom is 0.239 e. The second-order valence-electron chi connectivity index (χ2n) is 3.86. The smallest absolute Gasteiger partial charge is 0.239 e. The van der Waals surface area contributed by atoms with E-state index in [2.05, 4.69) is 22.4 Å². The van der Waals surface area contributed by atoms with Crippen LogP contribution in [0.15, 0.2) is 42.5 Å². The van der Waals surface area contributed by atoms with E-state index in [1.807, 2.05) is 31.2 Å². The van der Waals surface area contributed by atoms with E-state index in [1.165, 1.54) is 5.56 Å². The predicted octanol–water partition coefficient (Wildman–Crippen LogP) is 2.67. The van der Waals surface area contributed by atoms with Gasteiger partial charge in [-0.15, -0.1) is 0 Å². The first-order valence-corrected chi connectivity index (χ1v) is 5.96. The molecule has 94 valence electrons. The van der Waals surface area contributed by atoms with Crippen molar-refractivity contribution < 1.29 is 4.74 Å². The van der Waals surface area contributed by atoms with Gasteiger partial charge in [0, 0.05) is 6.54 Å². The van der Waals surface area contributed by atoms with Gasteiger partial charge in [-0.2, -0.15) is 4.98 Å². The van der Waals surface area contributed by atoms with Crippen LogP contribution in [0, 0.1) is 0 Å². The molecule has 3 N–H and O–H groups in total. The molecule has 0 radical (unpaired) electrons. The van der Waals surface area contributed by atoms with Gasteiger partial charge in [-0.05, 0) is 24.6 Å². The lowest BCUT2D eigenvalue weighted by atomic mass is 10.2. The number of nitrogens with one attached hydrogen (secondary N) is 1. The van der Waals surface area contributed by atoms with Crippen LogP contribution in [0.1, 0.15) is 12.5 Å². The highest BCUT2D eigenvalue weighted by atomic mass is 16.5. The molecular formula is C14H17N3O. The van der Waals surface area contributed by atoms with Gasteiger partial charge in [0.05, 0.1) is 12.3 Å². The maximum atomic E-state index is 5.77. The van der Waals surface area contributed by atoms with Crippen molar-refractivity contribution in [1.82, 2.24) is 4.98 Å². The Bertz CT molecular complexity index is 500. The summed E-state index contributed by atoms with van der Waals surface area (Å²) in [4.78, 5) is 4.32. The van der Waals surface area contributed by atoms with Crippen LogP contribution >= 0.6 is 0 Å². The third-order valence-corrected chi connectivity index (χ3v) is 2.49. The second kappa shape index (κ2) is 5.91. The molecule has 0 bridgehead atoms. The number of pyridine rings is 1. The lowest BCUT2D eigenvalue weighted by molar-refractivity contribution is 0.329. The third-order valence-electron chi connectivity index (χ3n) is 2.49. The van der Waals surface area contributed by atoms with E-state index in [-0.39, 0.29) is 0 Å². The summed E-state index contributed by atoms with van der Waals surface area (Å²) in [6, 6.07) is 13.8. The van der Waals surface area contributed by atoms with Crippen molar-refractivity contribution in [3.8, 4) is 5.88 Å². The Kier molecular flexibility index (Phi) is 4.02. The molecule has 0 aliphatic rings. The molecule has 0 spiro atoms. The number of rotatable bonds is 5. The molecule has 4 heteroatoms. The summed E-state index contributed by atoms with van der Waals surface area (Å²) in [6.45, 7) is 3.19. The first kappa shape index (κ1) is 12.2. The van der Waals surface area contributed by atoms with Crippen molar-refractivity contribution in [2.24, 2.45) is 0 Å². The van der Waals surface area contributed by atoms with Gasteiger partial charge >= 0.3 is 0 Å². The zero-order valence-electron chi connectivity index (χ0n) is 10.4. The number of hydrogen-bond acceptors (Lipinski definition) is 4. The molecule has 0 aliphatic carbocycles. The van der Waals surface area contributed by atoms with Crippen molar-refractivity contribution in [2.75, 3.05) is 17.7 Å². The van der Waals surface area contributed by atoms with Crippen molar-refractivity contribution in [1.29, 1.82) is 0 Å². The molecule has 0 unspecified atom stereocenters. The van der Waals surface area contributed by atoms with E-state index in [0.29, 0.717) is 18.2 Å². The number of anilines is 2. The standard InChI is InChI=1S/C14H17N3O/c1-2-18-14-12(15)8-9-13(17-14)16-10-11-6-4-3-5-7-11/h3-9H,2,10,15H2,1H3,(H,16,17). The third kappa shape index (κ3) is 3.13. The number of aromatic nitrogens is 1. The molecule has 18 heavy (non-hydrogen) atoms. The molecule has 4 nitrogen and oxygen atoms in total. The lowest BCUT2D eigenvalue weighted by Crippen LogP contribution is -2.04. The predicted molar refractivity (Wildman–Crippen MR) is 73.6 cm³/mol. The first-order valence-electron chi connectivity index (χ1n) is 5.96. The molecule has 1 aromatic heterocycles. The Balaban J connectivity index is 2.03. The summed E-state index contributed by atoms with van der Waals surface area (Å²) in [5, 5.41) is 3.24. The highest BCUT2D eigenvalue weighted by Gasteiger charge is 2.03. The molecule has 0 saturated heterocycles. The fourth-order valence-corrected chi connectivity index (χ4v) is 1.59. The van der Waals surface area contributed by atoms with E-state index in [4.69, 9.17) is 10.5 Å². The summed E-state index contributed by atoms with van der Waals surface area (Å²) in [5.74, 6) is 1.24. The molecule has 0 aliphatic heterocycles. The molecule has 2 rings (SSSR count). The quantitative estimate of drug-likeness (QED) is 0.847. The SMILES string of the molecule is CCOc1nc(NCc2ccccc2)ccc1N. The minimum atomic E-state index is 0.482. The highest BCUT2D eigenvalue weighted by molar-refractivity contribution is 5.53. The van der Waals surface area contributed by atoms with E-state index < -0.39 is 0 Å². The maximum absolute atomic E-state index is 5.77. The van der Waals surface area contributed by atoms with Crippen LogP contribution in [0.4, 0.5) is 11.5 Å². The van der Waals surface area contributed by atoms with Gasteiger partial charge < -0.3 is 15.8 Å². The normalized spacial score (nSPS) is 10.1. The van der Waals surface area contributed by atoms with Gasteiger partial charge in [-0.1, -0.05) is 30.3 Å². The van der Waals surface area contributed by atoms with Crippen molar-refractivity contribution in [3.63, 3.8) is 0 Å². The Labute approximate surface area is 107 Å². The highest BCUT2D eigenvalue weighted by Crippen LogP contribution is 2.21. The van der Waals surface area contributed by atoms with E-state index in [1.54, 1.807) is 6.07 Å². The molecular weight excluding hydrogens is 226 g/mol. The molecule has 2 aromatic rings. The van der Waals surface area contributed by atoms with Crippen molar-refractivity contribution >= 4 is 11.5 Å². The number of benzene rings is 1. The van der Waals surface area contributed by atoms with E-state index in [0.717, 1.165) is 12.4 Å². The zero-order valence-corrected chi connectivity index (χ0v) is 10.4. The lowest BCUT2D eigenvalue weighted by Gasteiger charge is -2.09. The molecule has 1 aromatic carbocycles. The number of nitrogen functional groups attached to an aromatic ring is 1. The number of ether oxygens (including phenoxy) is 1. The van der Waals surface area contributed by atoms with Crippen LogP contribution in [0.3, 0.4) is 0 Å². The Morgan fingerprint density at radius 2 is 1.94 bits per heavy atom. The van der Waals surface area contributed by atoms with Crippen LogP contribution in [0.2, 0.25) is 0 Å². The minimum absolute atomic E-state index is 0.482. The van der Waals surface area contributed by atoms with Crippen LogP contribution in [0.5, 0.6) is 5.88 Å². The van der Waals surface area contributed by atoms with Gasteiger partial charge in [-0.3, -0.25) is 0 Å². The van der Waals surface area contributed by atoms with Crippen molar-refractivity contribution in [3.05, 3.63) is 48.0 Å². The molecule has 0 saturated carbocycles. The number of nitrogens with zero attached hydrogens (tertiary/aromatic N) is 1. The van der Waals surface area contributed by atoms with Crippen LogP contribution in [-0.4, -0.2) is 11.6 Å². The Morgan fingerprint density at radius 3 is 2.67 bits per heavy atom. The molecule has 0 atom stereocenters. The van der Waals surface area contributed by atoms with E-state index in [9.17, 15) is 0 Å². The largest absolute Gasteiger partial charge is 0.476 e. The van der Waals surface area contributed by atoms with Crippen LogP contribution in [0.25, 0.3) is 0 Å². The first-order chi connectivity index (χ1) is 8.79. The fraction of sp³-hybridized carbons (Fsp3) is 0.214. The topological polar surface area (TPSA) is 60.2 Å². The average Bonchev–Trinajstić information content (AvgIpc) is 2.41. The molecule has 0 fully saturated rings. The van der Waals surface area contributed by atoms with E-state index >= 15 is 0 Å².